The zero-order valence-electron chi connectivity index (χ0n) is 28.6. The van der Waals surface area contributed by atoms with Gasteiger partial charge in [-0.1, -0.05) is 157 Å². The SMILES string of the molecule is COC(=O)/C(C)=C/C=C/C(C)=C/C=C/C(C)=C/C=C/C(C)=C/C=C/C=C(C)/C=C/C=C(C)/C=C/C1=C(C)C[C@@H](O)CC1(C)C. The van der Waals surface area contributed by atoms with Gasteiger partial charge in [-0.25, -0.2) is 4.79 Å². The van der Waals surface area contributed by atoms with Crippen LogP contribution in [0.15, 0.2) is 154 Å². The molecule has 3 heteroatoms. The zero-order valence-corrected chi connectivity index (χ0v) is 28.6. The lowest BCUT2D eigenvalue weighted by molar-refractivity contribution is -0.136. The monoisotopic (exact) mass is 594 g/mol. The number of carbonyl (C=O) groups excluding carboxylic acids is 1. The number of rotatable bonds is 13. The van der Waals surface area contributed by atoms with Crippen molar-refractivity contribution in [1.29, 1.82) is 0 Å². The maximum atomic E-state index is 11.4. The minimum atomic E-state index is -0.319. The number of esters is 1. The Kier molecular flexibility index (Phi) is 17.4. The third-order valence-electron chi connectivity index (χ3n) is 7.19. The average molecular weight is 595 g/mol. The molecule has 1 aliphatic carbocycles. The largest absolute Gasteiger partial charge is 0.466 e. The first kappa shape index (κ1) is 38.1. The number of aliphatic hydroxyl groups excluding tert-OH is 1. The van der Waals surface area contributed by atoms with E-state index in [-0.39, 0.29) is 17.5 Å². The van der Waals surface area contributed by atoms with Crippen molar-refractivity contribution in [2.24, 2.45) is 5.41 Å². The predicted molar refractivity (Wildman–Crippen MR) is 191 cm³/mol. The number of hydrogen-bond donors (Lipinski definition) is 1. The van der Waals surface area contributed by atoms with E-state index in [1.807, 2.05) is 31.2 Å². The summed E-state index contributed by atoms with van der Waals surface area (Å²) < 4.78 is 4.69. The zero-order chi connectivity index (χ0) is 33.1. The van der Waals surface area contributed by atoms with Gasteiger partial charge in [-0.3, -0.25) is 0 Å². The van der Waals surface area contributed by atoms with E-state index in [0.717, 1.165) is 24.0 Å². The van der Waals surface area contributed by atoms with Crippen LogP contribution in [-0.2, 0) is 9.53 Å². The summed E-state index contributed by atoms with van der Waals surface area (Å²) in [6, 6.07) is 0. The molecule has 0 heterocycles. The van der Waals surface area contributed by atoms with E-state index in [0.29, 0.717) is 5.57 Å². The summed E-state index contributed by atoms with van der Waals surface area (Å²) in [6.45, 7) is 18.7. The van der Waals surface area contributed by atoms with Crippen molar-refractivity contribution in [3.63, 3.8) is 0 Å². The summed E-state index contributed by atoms with van der Waals surface area (Å²) in [5, 5.41) is 10.1. The summed E-state index contributed by atoms with van der Waals surface area (Å²) in [7, 11) is 1.38. The van der Waals surface area contributed by atoms with Gasteiger partial charge in [0.15, 0.2) is 0 Å². The van der Waals surface area contributed by atoms with E-state index >= 15 is 0 Å². The second kappa shape index (κ2) is 20.1. The second-order valence-electron chi connectivity index (χ2n) is 12.2. The molecule has 44 heavy (non-hydrogen) atoms. The Labute approximate surface area is 267 Å². The molecule has 0 aromatic rings. The molecule has 0 aromatic carbocycles. The van der Waals surface area contributed by atoms with Crippen LogP contribution in [0.3, 0.4) is 0 Å². The molecular formula is C41H54O3. The first-order valence-corrected chi connectivity index (χ1v) is 15.3. The van der Waals surface area contributed by atoms with Crippen LogP contribution in [0.2, 0.25) is 0 Å². The van der Waals surface area contributed by atoms with Gasteiger partial charge in [-0.2, -0.15) is 0 Å². The Morgan fingerprint density at radius 1 is 0.682 bits per heavy atom. The van der Waals surface area contributed by atoms with Crippen LogP contribution in [0.5, 0.6) is 0 Å². The lowest BCUT2D eigenvalue weighted by atomic mass is 9.71. The van der Waals surface area contributed by atoms with Gasteiger partial charge in [-0.05, 0) is 72.3 Å². The van der Waals surface area contributed by atoms with E-state index in [2.05, 4.69) is 132 Å². The second-order valence-corrected chi connectivity index (χ2v) is 12.2. The molecule has 3 nitrogen and oxygen atoms in total. The van der Waals surface area contributed by atoms with E-state index in [1.54, 1.807) is 13.0 Å². The fourth-order valence-electron chi connectivity index (χ4n) is 4.72. The molecule has 0 amide bonds. The van der Waals surface area contributed by atoms with Crippen LogP contribution < -0.4 is 0 Å². The smallest absolute Gasteiger partial charge is 0.333 e. The maximum Gasteiger partial charge on any atom is 0.333 e. The number of carbonyl (C=O) groups is 1. The fraction of sp³-hybridized carbons (Fsp3) is 0.341. The molecule has 1 rings (SSSR count). The van der Waals surface area contributed by atoms with Crippen molar-refractivity contribution in [3.8, 4) is 0 Å². The first-order chi connectivity index (χ1) is 20.7. The van der Waals surface area contributed by atoms with E-state index in [9.17, 15) is 9.90 Å². The quantitative estimate of drug-likeness (QED) is 0.131. The van der Waals surface area contributed by atoms with Crippen molar-refractivity contribution in [2.75, 3.05) is 7.11 Å². The molecule has 0 saturated carbocycles. The lowest BCUT2D eigenvalue weighted by Crippen LogP contribution is -2.28. The van der Waals surface area contributed by atoms with Gasteiger partial charge in [0.25, 0.3) is 0 Å². The highest BCUT2D eigenvalue weighted by atomic mass is 16.5. The maximum absolute atomic E-state index is 11.4. The fourth-order valence-corrected chi connectivity index (χ4v) is 4.72. The van der Waals surface area contributed by atoms with Crippen LogP contribution >= 0.6 is 0 Å². The van der Waals surface area contributed by atoms with Crippen molar-refractivity contribution in [3.05, 3.63) is 154 Å². The summed E-state index contributed by atoms with van der Waals surface area (Å²) in [5.74, 6) is -0.319. The molecule has 236 valence electrons. The van der Waals surface area contributed by atoms with Gasteiger partial charge in [0.2, 0.25) is 0 Å². The molecular weight excluding hydrogens is 540 g/mol. The topological polar surface area (TPSA) is 46.5 Å². The third-order valence-corrected chi connectivity index (χ3v) is 7.19. The molecule has 0 bridgehead atoms. The van der Waals surface area contributed by atoms with Gasteiger partial charge in [0.1, 0.15) is 0 Å². The van der Waals surface area contributed by atoms with Gasteiger partial charge < -0.3 is 9.84 Å². The Balaban J connectivity index is 2.63. The van der Waals surface area contributed by atoms with Crippen LogP contribution in [0.4, 0.5) is 0 Å². The molecule has 0 saturated heterocycles. The highest BCUT2D eigenvalue weighted by Gasteiger charge is 2.31. The minimum absolute atomic E-state index is 0.000998. The summed E-state index contributed by atoms with van der Waals surface area (Å²) in [4.78, 5) is 11.4. The average Bonchev–Trinajstić information content (AvgIpc) is 2.93. The number of hydrogen-bond acceptors (Lipinski definition) is 3. The highest BCUT2D eigenvalue weighted by Crippen LogP contribution is 2.41. The molecule has 1 atom stereocenters. The Bertz CT molecular complexity index is 1380. The third kappa shape index (κ3) is 16.0. The van der Waals surface area contributed by atoms with Gasteiger partial charge in [-0.15, -0.1) is 0 Å². The van der Waals surface area contributed by atoms with Crippen molar-refractivity contribution in [1.82, 2.24) is 0 Å². The molecule has 0 unspecified atom stereocenters. The number of ether oxygens (including phenoxy) is 1. The minimum Gasteiger partial charge on any atom is -0.466 e. The van der Waals surface area contributed by atoms with Crippen LogP contribution in [0.1, 0.15) is 75.2 Å². The van der Waals surface area contributed by atoms with Gasteiger partial charge in [0, 0.05) is 5.57 Å². The highest BCUT2D eigenvalue weighted by molar-refractivity contribution is 5.87. The van der Waals surface area contributed by atoms with Crippen molar-refractivity contribution < 1.29 is 14.6 Å². The number of aliphatic hydroxyl groups is 1. The summed E-state index contributed by atoms with van der Waals surface area (Å²) in [6.07, 6.45) is 38.2. The number of allylic oxidation sites excluding steroid dienone is 24. The van der Waals surface area contributed by atoms with Crippen molar-refractivity contribution in [2.45, 2.75) is 81.3 Å². The molecule has 0 aliphatic heterocycles. The van der Waals surface area contributed by atoms with E-state index in [4.69, 9.17) is 0 Å². The molecule has 1 aliphatic rings. The summed E-state index contributed by atoms with van der Waals surface area (Å²) in [5.41, 5.74) is 8.95. The Morgan fingerprint density at radius 2 is 1.07 bits per heavy atom. The predicted octanol–water partition coefficient (Wildman–Crippen LogP) is 10.7. The van der Waals surface area contributed by atoms with Crippen LogP contribution in [-0.4, -0.2) is 24.3 Å². The molecule has 0 fully saturated rings. The lowest BCUT2D eigenvalue weighted by Gasteiger charge is -2.35. The van der Waals surface area contributed by atoms with Gasteiger partial charge >= 0.3 is 5.97 Å². The molecule has 0 radical (unpaired) electrons. The first-order valence-electron chi connectivity index (χ1n) is 15.3. The Hall–Kier alpha value is -3.95. The molecule has 1 N–H and O–H groups in total. The van der Waals surface area contributed by atoms with E-state index < -0.39 is 0 Å². The standard InChI is InChI=1S/C41H54O3/c1-31(19-13-21-33(3)22-14-23-34(4)25-16-26-36(6)40(43)44-10)17-11-12-18-32(2)20-15-24-35(5)27-28-39-37(7)29-38(42)30-41(39,8)9/h11-28,38,42H,29-30H2,1-10H3/b12-11+,19-13+,20-15+,22-14+,25-16+,28-27+,31-17+,32-18+,33-21+,34-23+,35-24+,36-26+/t38-/m1/s1. The van der Waals surface area contributed by atoms with Crippen LogP contribution in [0.25, 0.3) is 0 Å². The summed E-state index contributed by atoms with van der Waals surface area (Å²) >= 11 is 0. The number of methoxy groups -OCH3 is 1. The molecule has 0 spiro atoms. The Morgan fingerprint density at radius 3 is 1.48 bits per heavy atom. The molecule has 0 aromatic heterocycles. The van der Waals surface area contributed by atoms with E-state index in [1.165, 1.54) is 35.0 Å². The van der Waals surface area contributed by atoms with Gasteiger partial charge in [0.05, 0.1) is 13.2 Å². The normalized spacial score (nSPS) is 20.2. The van der Waals surface area contributed by atoms with Crippen LogP contribution in [0, 0.1) is 5.41 Å². The van der Waals surface area contributed by atoms with Crippen molar-refractivity contribution >= 4 is 5.97 Å².